The second kappa shape index (κ2) is 5.49. The molecule has 1 saturated carbocycles. The maximum Gasteiger partial charge on any atom is 0.167 e. The van der Waals surface area contributed by atoms with E-state index >= 15 is 0 Å². The van der Waals surface area contributed by atoms with E-state index < -0.39 is 0 Å². The van der Waals surface area contributed by atoms with Crippen molar-refractivity contribution in [1.82, 2.24) is 0 Å². The van der Waals surface area contributed by atoms with Crippen molar-refractivity contribution < 1.29 is 9.53 Å². The molecule has 0 spiro atoms. The fourth-order valence-electron chi connectivity index (χ4n) is 2.20. The molecule has 0 saturated heterocycles. The van der Waals surface area contributed by atoms with E-state index in [4.69, 9.17) is 4.74 Å². The van der Waals surface area contributed by atoms with Gasteiger partial charge in [-0.3, -0.25) is 4.79 Å². The van der Waals surface area contributed by atoms with Crippen LogP contribution >= 0.6 is 0 Å². The van der Waals surface area contributed by atoms with Crippen molar-refractivity contribution in [3.8, 4) is 5.75 Å². The van der Waals surface area contributed by atoms with Crippen LogP contribution in [0.25, 0.3) is 0 Å². The van der Waals surface area contributed by atoms with E-state index in [-0.39, 0.29) is 5.78 Å². The predicted molar refractivity (Wildman–Crippen MR) is 79.3 cm³/mol. The van der Waals surface area contributed by atoms with Gasteiger partial charge in [-0.2, -0.15) is 0 Å². The van der Waals surface area contributed by atoms with E-state index in [2.05, 4.69) is 0 Å². The average molecular weight is 266 g/mol. The quantitative estimate of drug-likeness (QED) is 0.766. The number of carbonyl (C=O) groups excluding carboxylic acids is 1. The van der Waals surface area contributed by atoms with Crippen LogP contribution in [0.3, 0.4) is 0 Å². The van der Waals surface area contributed by atoms with Gasteiger partial charge in [0.1, 0.15) is 5.75 Å². The fraction of sp³-hybridized carbons (Fsp3) is 0.278. The largest absolute Gasteiger partial charge is 0.490 e. The second-order valence-electron chi connectivity index (χ2n) is 5.37. The van der Waals surface area contributed by atoms with Crippen LogP contribution in [0.4, 0.5) is 0 Å². The van der Waals surface area contributed by atoms with Gasteiger partial charge in [0.25, 0.3) is 0 Å². The van der Waals surface area contributed by atoms with Crippen molar-refractivity contribution in [1.29, 1.82) is 0 Å². The third-order valence-corrected chi connectivity index (χ3v) is 3.60. The first-order valence-corrected chi connectivity index (χ1v) is 7.07. The van der Waals surface area contributed by atoms with E-state index in [0.717, 1.165) is 35.3 Å². The van der Waals surface area contributed by atoms with Crippen LogP contribution in [-0.2, 0) is 6.42 Å². The first-order chi connectivity index (χ1) is 9.72. The van der Waals surface area contributed by atoms with Gasteiger partial charge in [-0.25, -0.2) is 0 Å². The molecule has 1 aliphatic rings. The Balaban J connectivity index is 1.74. The monoisotopic (exact) mass is 266 g/mol. The summed E-state index contributed by atoms with van der Waals surface area (Å²) in [5.74, 6) is 0.948. The lowest BCUT2D eigenvalue weighted by molar-refractivity contribution is 0.0992. The molecule has 1 fully saturated rings. The van der Waals surface area contributed by atoms with Crippen molar-refractivity contribution in [2.24, 2.45) is 0 Å². The summed E-state index contributed by atoms with van der Waals surface area (Å²) < 4.78 is 5.74. The van der Waals surface area contributed by atoms with Crippen LogP contribution in [0.2, 0.25) is 0 Å². The van der Waals surface area contributed by atoms with E-state index in [1.165, 1.54) is 0 Å². The Morgan fingerprint density at radius 3 is 2.70 bits per heavy atom. The lowest BCUT2D eigenvalue weighted by Gasteiger charge is -2.08. The van der Waals surface area contributed by atoms with Crippen molar-refractivity contribution >= 4 is 5.78 Å². The van der Waals surface area contributed by atoms with Crippen LogP contribution in [0.5, 0.6) is 5.75 Å². The fourth-order valence-corrected chi connectivity index (χ4v) is 2.20. The first kappa shape index (κ1) is 12.9. The maximum absolute atomic E-state index is 12.4. The molecule has 0 N–H and O–H groups in total. The average Bonchev–Trinajstić information content (AvgIpc) is 3.25. The zero-order valence-electron chi connectivity index (χ0n) is 11.6. The summed E-state index contributed by atoms with van der Waals surface area (Å²) in [5.41, 5.74) is 2.98. The zero-order chi connectivity index (χ0) is 13.9. The Morgan fingerprint density at radius 1 is 1.15 bits per heavy atom. The molecule has 2 nitrogen and oxygen atoms in total. The molecule has 102 valence electrons. The summed E-state index contributed by atoms with van der Waals surface area (Å²) in [6.45, 7) is 2.04. The van der Waals surface area contributed by atoms with Gasteiger partial charge in [0, 0.05) is 12.0 Å². The van der Waals surface area contributed by atoms with Gasteiger partial charge in [0.05, 0.1) is 6.10 Å². The number of ketones is 1. The number of carbonyl (C=O) groups is 1. The standard InChI is InChI=1S/C18H18O2/c1-13-5-2-3-6-14(13)12-18(19)15-7-4-8-17(11-15)20-16-9-10-16/h2-8,11,16H,9-10,12H2,1H3. The number of aryl methyl sites for hydroxylation is 1. The van der Waals surface area contributed by atoms with Gasteiger partial charge >= 0.3 is 0 Å². The second-order valence-corrected chi connectivity index (χ2v) is 5.37. The van der Waals surface area contributed by atoms with Crippen LogP contribution < -0.4 is 4.74 Å². The molecule has 0 bridgehead atoms. The Kier molecular flexibility index (Phi) is 3.55. The number of Topliss-reactive ketones (excluding diaryl/α,β-unsaturated/α-hetero) is 1. The van der Waals surface area contributed by atoms with Crippen LogP contribution in [0.1, 0.15) is 34.3 Å². The predicted octanol–water partition coefficient (Wildman–Crippen LogP) is 3.96. The molecule has 3 rings (SSSR count). The lowest BCUT2D eigenvalue weighted by atomic mass is 9.99. The van der Waals surface area contributed by atoms with Gasteiger partial charge in [0.2, 0.25) is 0 Å². The van der Waals surface area contributed by atoms with E-state index in [9.17, 15) is 4.79 Å². The van der Waals surface area contributed by atoms with E-state index in [1.807, 2.05) is 55.5 Å². The molecular weight excluding hydrogens is 248 g/mol. The van der Waals surface area contributed by atoms with Crippen LogP contribution in [0.15, 0.2) is 48.5 Å². The summed E-state index contributed by atoms with van der Waals surface area (Å²) in [5, 5.41) is 0. The minimum absolute atomic E-state index is 0.139. The van der Waals surface area contributed by atoms with Crippen molar-refractivity contribution in [3.05, 3.63) is 65.2 Å². The Hall–Kier alpha value is -2.09. The van der Waals surface area contributed by atoms with Crippen molar-refractivity contribution in [3.63, 3.8) is 0 Å². The highest BCUT2D eigenvalue weighted by Crippen LogP contribution is 2.27. The molecule has 2 aromatic rings. The minimum atomic E-state index is 0.139. The summed E-state index contributed by atoms with van der Waals surface area (Å²) in [6, 6.07) is 15.5. The number of hydrogen-bond donors (Lipinski definition) is 0. The highest BCUT2D eigenvalue weighted by Gasteiger charge is 2.23. The Morgan fingerprint density at radius 2 is 1.95 bits per heavy atom. The topological polar surface area (TPSA) is 26.3 Å². The molecule has 1 aliphatic carbocycles. The third kappa shape index (κ3) is 3.08. The molecule has 0 aliphatic heterocycles. The van der Waals surface area contributed by atoms with Gasteiger partial charge in [-0.15, -0.1) is 0 Å². The molecule has 20 heavy (non-hydrogen) atoms. The number of hydrogen-bond acceptors (Lipinski definition) is 2. The third-order valence-electron chi connectivity index (χ3n) is 3.60. The van der Waals surface area contributed by atoms with Crippen molar-refractivity contribution in [2.75, 3.05) is 0 Å². The van der Waals surface area contributed by atoms with Crippen LogP contribution in [0, 0.1) is 6.92 Å². The molecule has 0 aromatic heterocycles. The van der Waals surface area contributed by atoms with Crippen molar-refractivity contribution in [2.45, 2.75) is 32.3 Å². The summed E-state index contributed by atoms with van der Waals surface area (Å²) in [6.07, 6.45) is 3.05. The highest BCUT2D eigenvalue weighted by molar-refractivity contribution is 5.98. The number of rotatable bonds is 5. The molecule has 0 atom stereocenters. The summed E-state index contributed by atoms with van der Waals surface area (Å²) >= 11 is 0. The molecule has 2 aromatic carbocycles. The molecule has 0 unspecified atom stereocenters. The zero-order valence-corrected chi connectivity index (χ0v) is 11.6. The first-order valence-electron chi connectivity index (χ1n) is 7.07. The van der Waals surface area contributed by atoms with Gasteiger partial charge < -0.3 is 4.74 Å². The van der Waals surface area contributed by atoms with Crippen LogP contribution in [-0.4, -0.2) is 11.9 Å². The smallest absolute Gasteiger partial charge is 0.167 e. The number of ether oxygens (including phenoxy) is 1. The number of benzene rings is 2. The summed E-state index contributed by atoms with van der Waals surface area (Å²) in [4.78, 5) is 12.4. The summed E-state index contributed by atoms with van der Waals surface area (Å²) in [7, 11) is 0. The molecule has 0 heterocycles. The highest BCUT2D eigenvalue weighted by atomic mass is 16.5. The van der Waals surface area contributed by atoms with Gasteiger partial charge in [-0.05, 0) is 43.0 Å². The van der Waals surface area contributed by atoms with Gasteiger partial charge in [-0.1, -0.05) is 36.4 Å². The van der Waals surface area contributed by atoms with E-state index in [0.29, 0.717) is 12.5 Å². The minimum Gasteiger partial charge on any atom is -0.490 e. The lowest BCUT2D eigenvalue weighted by Crippen LogP contribution is -2.05. The van der Waals surface area contributed by atoms with Gasteiger partial charge in [0.15, 0.2) is 5.78 Å². The SMILES string of the molecule is Cc1ccccc1CC(=O)c1cccc(OC2CC2)c1. The molecular formula is C18H18O2. The normalized spacial score (nSPS) is 14.1. The molecule has 0 amide bonds. The molecule has 0 radical (unpaired) electrons. The molecule has 2 heteroatoms. The maximum atomic E-state index is 12.4. The Labute approximate surface area is 119 Å². The van der Waals surface area contributed by atoms with E-state index in [1.54, 1.807) is 0 Å². The Bertz CT molecular complexity index is 627.